The lowest BCUT2D eigenvalue weighted by Gasteiger charge is -2.35. The van der Waals surface area contributed by atoms with Gasteiger partial charge < -0.3 is 24.7 Å². The van der Waals surface area contributed by atoms with Crippen LogP contribution in [-0.4, -0.2) is 70.5 Å². The fraction of sp³-hybridized carbons (Fsp3) is 0.217. The van der Waals surface area contributed by atoms with Gasteiger partial charge in [-0.25, -0.2) is 0 Å². The SMILES string of the molecule is O=C(NCC(=O)N1CCN(C(=O)c2ccccc2O)CC1)c1cc(-c2ccccc2)on1. The summed E-state index contributed by atoms with van der Waals surface area (Å²) in [7, 11) is 0. The molecular formula is C23H22N4O5. The first-order chi connectivity index (χ1) is 15.5. The van der Waals surface area contributed by atoms with Crippen LogP contribution in [0.2, 0.25) is 0 Å². The third kappa shape index (κ3) is 4.61. The van der Waals surface area contributed by atoms with E-state index < -0.39 is 5.91 Å². The van der Waals surface area contributed by atoms with Gasteiger partial charge in [0, 0.05) is 37.8 Å². The minimum Gasteiger partial charge on any atom is -0.507 e. The van der Waals surface area contributed by atoms with Gasteiger partial charge in [-0.05, 0) is 12.1 Å². The third-order valence-electron chi connectivity index (χ3n) is 5.26. The Balaban J connectivity index is 1.26. The number of carbonyl (C=O) groups excluding carboxylic acids is 3. The number of benzene rings is 2. The molecule has 3 amide bonds. The second-order valence-electron chi connectivity index (χ2n) is 7.32. The first kappa shape index (κ1) is 21.1. The van der Waals surface area contributed by atoms with Crippen LogP contribution in [0.1, 0.15) is 20.8 Å². The molecule has 0 saturated carbocycles. The van der Waals surface area contributed by atoms with Crippen molar-refractivity contribution in [2.45, 2.75) is 0 Å². The van der Waals surface area contributed by atoms with Crippen molar-refractivity contribution in [3.8, 4) is 17.1 Å². The minimum absolute atomic E-state index is 0.0676. The van der Waals surface area contributed by atoms with Crippen LogP contribution < -0.4 is 5.32 Å². The molecule has 1 aliphatic heterocycles. The Morgan fingerprint density at radius 1 is 0.938 bits per heavy atom. The summed E-state index contributed by atoms with van der Waals surface area (Å²) in [6.07, 6.45) is 0. The molecule has 9 heteroatoms. The van der Waals surface area contributed by atoms with Gasteiger partial charge in [-0.1, -0.05) is 47.6 Å². The van der Waals surface area contributed by atoms with E-state index in [4.69, 9.17) is 4.52 Å². The smallest absolute Gasteiger partial charge is 0.273 e. The van der Waals surface area contributed by atoms with Crippen molar-refractivity contribution < 1.29 is 24.0 Å². The van der Waals surface area contributed by atoms with Crippen molar-refractivity contribution in [3.05, 3.63) is 71.9 Å². The number of hydrogen-bond donors (Lipinski definition) is 2. The van der Waals surface area contributed by atoms with Crippen molar-refractivity contribution in [2.24, 2.45) is 0 Å². The van der Waals surface area contributed by atoms with Crippen LogP contribution in [0.3, 0.4) is 0 Å². The fourth-order valence-electron chi connectivity index (χ4n) is 3.46. The van der Waals surface area contributed by atoms with E-state index in [2.05, 4.69) is 10.5 Å². The molecule has 1 fully saturated rings. The third-order valence-corrected chi connectivity index (χ3v) is 5.26. The number of nitrogens with zero attached hydrogens (tertiary/aromatic N) is 3. The summed E-state index contributed by atoms with van der Waals surface area (Å²) < 4.78 is 5.21. The average molecular weight is 434 g/mol. The molecule has 2 aromatic carbocycles. The van der Waals surface area contributed by atoms with Crippen molar-refractivity contribution in [2.75, 3.05) is 32.7 Å². The summed E-state index contributed by atoms with van der Waals surface area (Å²) in [5.41, 5.74) is 1.13. The predicted octanol–water partition coefficient (Wildman–Crippen LogP) is 1.76. The van der Waals surface area contributed by atoms with Crippen LogP contribution >= 0.6 is 0 Å². The highest BCUT2D eigenvalue weighted by Gasteiger charge is 2.26. The van der Waals surface area contributed by atoms with Crippen LogP contribution in [-0.2, 0) is 4.79 Å². The quantitative estimate of drug-likeness (QED) is 0.632. The van der Waals surface area contributed by atoms with Gasteiger partial charge in [0.15, 0.2) is 11.5 Å². The zero-order valence-corrected chi connectivity index (χ0v) is 17.2. The molecule has 1 aromatic heterocycles. The van der Waals surface area contributed by atoms with Gasteiger partial charge in [-0.2, -0.15) is 0 Å². The highest BCUT2D eigenvalue weighted by Crippen LogP contribution is 2.20. The van der Waals surface area contributed by atoms with E-state index in [9.17, 15) is 19.5 Å². The molecule has 164 valence electrons. The molecule has 32 heavy (non-hydrogen) atoms. The van der Waals surface area contributed by atoms with Gasteiger partial charge in [0.1, 0.15) is 5.75 Å². The monoisotopic (exact) mass is 434 g/mol. The maximum absolute atomic E-state index is 12.6. The van der Waals surface area contributed by atoms with Gasteiger partial charge in [0.05, 0.1) is 12.1 Å². The number of phenols is 1. The van der Waals surface area contributed by atoms with Crippen molar-refractivity contribution >= 4 is 17.7 Å². The maximum atomic E-state index is 12.6. The van der Waals surface area contributed by atoms with Crippen molar-refractivity contribution in [1.82, 2.24) is 20.3 Å². The lowest BCUT2D eigenvalue weighted by atomic mass is 10.1. The average Bonchev–Trinajstić information content (AvgIpc) is 3.33. The zero-order chi connectivity index (χ0) is 22.5. The first-order valence-corrected chi connectivity index (χ1v) is 10.2. The summed E-state index contributed by atoms with van der Waals surface area (Å²) in [6.45, 7) is 1.19. The van der Waals surface area contributed by atoms with Crippen LogP contribution in [0, 0.1) is 0 Å². The summed E-state index contributed by atoms with van der Waals surface area (Å²) in [4.78, 5) is 40.6. The van der Waals surface area contributed by atoms with Gasteiger partial charge in [0.25, 0.3) is 11.8 Å². The number of carbonyl (C=O) groups is 3. The summed E-state index contributed by atoms with van der Waals surface area (Å²) >= 11 is 0. The number of amides is 3. The van der Waals surface area contributed by atoms with E-state index in [0.29, 0.717) is 31.9 Å². The predicted molar refractivity (Wildman–Crippen MR) is 115 cm³/mol. The van der Waals surface area contributed by atoms with Crippen LogP contribution in [0.4, 0.5) is 0 Å². The van der Waals surface area contributed by atoms with Gasteiger partial charge in [-0.3, -0.25) is 14.4 Å². The van der Waals surface area contributed by atoms with Crippen LogP contribution in [0.25, 0.3) is 11.3 Å². The molecule has 1 aliphatic rings. The van der Waals surface area contributed by atoms with Crippen molar-refractivity contribution in [1.29, 1.82) is 0 Å². The molecule has 0 atom stereocenters. The molecule has 0 radical (unpaired) electrons. The molecule has 2 N–H and O–H groups in total. The zero-order valence-electron chi connectivity index (χ0n) is 17.2. The lowest BCUT2D eigenvalue weighted by Crippen LogP contribution is -2.52. The molecule has 0 aliphatic carbocycles. The number of phenolic OH excluding ortho intramolecular Hbond substituents is 1. The minimum atomic E-state index is -0.502. The van der Waals surface area contributed by atoms with Gasteiger partial charge in [-0.15, -0.1) is 0 Å². The Hall–Kier alpha value is -4.14. The fourth-order valence-corrected chi connectivity index (χ4v) is 3.46. The van der Waals surface area contributed by atoms with E-state index in [1.165, 1.54) is 12.1 Å². The Morgan fingerprint density at radius 3 is 2.31 bits per heavy atom. The maximum Gasteiger partial charge on any atom is 0.273 e. The molecule has 9 nitrogen and oxygen atoms in total. The van der Waals surface area contributed by atoms with E-state index in [-0.39, 0.29) is 35.4 Å². The number of nitrogens with one attached hydrogen (secondary N) is 1. The van der Waals surface area contributed by atoms with E-state index >= 15 is 0 Å². The normalized spacial score (nSPS) is 13.6. The Bertz CT molecular complexity index is 1120. The largest absolute Gasteiger partial charge is 0.507 e. The van der Waals surface area contributed by atoms with E-state index in [1.54, 1.807) is 28.0 Å². The second-order valence-corrected chi connectivity index (χ2v) is 7.32. The summed E-state index contributed by atoms with van der Waals surface area (Å²) in [6, 6.07) is 17.2. The number of piperazine rings is 1. The molecular weight excluding hydrogens is 412 g/mol. The molecule has 0 bridgehead atoms. The Kier molecular flexibility index (Phi) is 6.16. The Morgan fingerprint density at radius 2 is 1.59 bits per heavy atom. The number of para-hydroxylation sites is 1. The first-order valence-electron chi connectivity index (χ1n) is 10.2. The Labute approximate surface area is 184 Å². The summed E-state index contributed by atoms with van der Waals surface area (Å²) in [5, 5.41) is 16.2. The van der Waals surface area contributed by atoms with Gasteiger partial charge in [0.2, 0.25) is 5.91 Å². The molecule has 0 unspecified atom stereocenters. The standard InChI is InChI=1S/C23H22N4O5/c28-19-9-5-4-8-17(19)23(31)27-12-10-26(11-13-27)21(29)15-24-22(30)18-14-20(32-25-18)16-6-2-1-3-7-16/h1-9,14,28H,10-13,15H2,(H,24,30). The number of hydrogen-bond acceptors (Lipinski definition) is 6. The highest BCUT2D eigenvalue weighted by atomic mass is 16.5. The second kappa shape index (κ2) is 9.34. The van der Waals surface area contributed by atoms with Crippen LogP contribution in [0.15, 0.2) is 65.2 Å². The number of rotatable bonds is 5. The lowest BCUT2D eigenvalue weighted by molar-refractivity contribution is -0.131. The van der Waals surface area contributed by atoms with Crippen molar-refractivity contribution in [3.63, 3.8) is 0 Å². The topological polar surface area (TPSA) is 116 Å². The van der Waals surface area contributed by atoms with Crippen LogP contribution in [0.5, 0.6) is 5.75 Å². The molecule has 1 saturated heterocycles. The number of aromatic nitrogens is 1. The molecule has 4 rings (SSSR count). The summed E-state index contributed by atoms with van der Waals surface area (Å²) in [5.74, 6) is -0.629. The molecule has 3 aromatic rings. The van der Waals surface area contributed by atoms with Gasteiger partial charge >= 0.3 is 0 Å². The molecule has 0 spiro atoms. The number of aromatic hydroxyl groups is 1. The highest BCUT2D eigenvalue weighted by molar-refractivity contribution is 5.97. The van der Waals surface area contributed by atoms with E-state index in [1.807, 2.05) is 30.3 Å². The molecule has 2 heterocycles. The van der Waals surface area contributed by atoms with E-state index in [0.717, 1.165) is 5.56 Å².